The number of hydrogen-bond donors (Lipinski definition) is 1. The van der Waals surface area contributed by atoms with Gasteiger partial charge in [0, 0.05) is 19.3 Å². The number of hydrogen-bond acceptors (Lipinski definition) is 3. The number of carbonyl (C=O) groups excluding carboxylic acids is 1. The van der Waals surface area contributed by atoms with Gasteiger partial charge in [0.05, 0.1) is 11.8 Å². The highest BCUT2D eigenvalue weighted by atomic mass is 32.2. The maximum atomic E-state index is 12.9. The van der Waals surface area contributed by atoms with Crippen LogP contribution in [0.3, 0.4) is 0 Å². The van der Waals surface area contributed by atoms with Gasteiger partial charge in [-0.05, 0) is 24.0 Å². The maximum absolute atomic E-state index is 12.9. The van der Waals surface area contributed by atoms with E-state index in [1.807, 2.05) is 0 Å². The van der Waals surface area contributed by atoms with E-state index in [2.05, 4.69) is 5.32 Å². The van der Waals surface area contributed by atoms with Crippen LogP contribution in [0.4, 0.5) is 13.6 Å². The van der Waals surface area contributed by atoms with E-state index in [0.29, 0.717) is 30.5 Å². The average molecular weight is 346 g/mol. The number of benzene rings is 1. The minimum Gasteiger partial charge on any atom is -0.334 e. The molecule has 0 radical (unpaired) electrons. The Labute approximate surface area is 134 Å². The van der Waals surface area contributed by atoms with Gasteiger partial charge in [-0.1, -0.05) is 24.3 Å². The highest BCUT2D eigenvalue weighted by molar-refractivity contribution is 7.89. The van der Waals surface area contributed by atoms with Gasteiger partial charge in [0.2, 0.25) is 0 Å². The van der Waals surface area contributed by atoms with Crippen molar-refractivity contribution in [1.82, 2.24) is 10.2 Å². The summed E-state index contributed by atoms with van der Waals surface area (Å²) in [6, 6.07) is 5.28. The molecule has 5 nitrogen and oxygen atoms in total. The van der Waals surface area contributed by atoms with Crippen LogP contribution < -0.4 is 5.32 Å². The normalized spacial score (nSPS) is 18.4. The van der Waals surface area contributed by atoms with E-state index < -0.39 is 28.3 Å². The smallest absolute Gasteiger partial charge is 0.318 e. The highest BCUT2D eigenvalue weighted by Crippen LogP contribution is 2.23. The third-order valence-corrected chi connectivity index (χ3v) is 4.65. The Morgan fingerprint density at radius 1 is 1.35 bits per heavy atom. The van der Waals surface area contributed by atoms with Gasteiger partial charge in [-0.25, -0.2) is 22.0 Å². The fourth-order valence-corrected chi connectivity index (χ4v) is 3.58. The molecule has 0 aliphatic carbocycles. The SMILES string of the molecule is CS(=O)(=O)Cc1ccccc1CNC(=O)N1CCC[C@H]1C(F)F. The lowest BCUT2D eigenvalue weighted by Gasteiger charge is -2.24. The molecule has 23 heavy (non-hydrogen) atoms. The molecule has 2 amide bonds. The summed E-state index contributed by atoms with van der Waals surface area (Å²) < 4.78 is 48.6. The molecule has 1 fully saturated rings. The second-order valence-electron chi connectivity index (χ2n) is 5.73. The lowest BCUT2D eigenvalue weighted by molar-refractivity contribution is 0.0606. The number of sulfone groups is 1. The Morgan fingerprint density at radius 3 is 2.61 bits per heavy atom. The summed E-state index contributed by atoms with van der Waals surface area (Å²) in [6.45, 7) is 0.419. The standard InChI is InChI=1S/C15H20F2N2O3S/c1-23(21,22)10-12-6-3-2-5-11(12)9-18-15(20)19-8-4-7-13(19)14(16)17/h2-3,5-6,13-14H,4,7-10H2,1H3,(H,18,20)/t13-/m0/s1. The zero-order chi connectivity index (χ0) is 17.0. The Hall–Kier alpha value is -1.70. The van der Waals surface area contributed by atoms with E-state index in [0.717, 1.165) is 11.2 Å². The van der Waals surface area contributed by atoms with Crippen molar-refractivity contribution in [2.75, 3.05) is 12.8 Å². The van der Waals surface area contributed by atoms with Crippen molar-refractivity contribution < 1.29 is 22.0 Å². The van der Waals surface area contributed by atoms with E-state index in [1.54, 1.807) is 24.3 Å². The van der Waals surface area contributed by atoms with Crippen molar-refractivity contribution >= 4 is 15.9 Å². The zero-order valence-electron chi connectivity index (χ0n) is 12.8. The first-order chi connectivity index (χ1) is 10.8. The molecule has 1 aromatic carbocycles. The van der Waals surface area contributed by atoms with Gasteiger partial charge in [0.25, 0.3) is 6.43 Å². The summed E-state index contributed by atoms with van der Waals surface area (Å²) in [6.07, 6.45) is -0.552. The number of halogens is 2. The molecular formula is C15H20F2N2O3S. The predicted octanol–water partition coefficient (Wildman–Crippen LogP) is 2.17. The fraction of sp³-hybridized carbons (Fsp3) is 0.533. The molecule has 0 aromatic heterocycles. The fourth-order valence-electron chi connectivity index (χ4n) is 2.73. The minimum atomic E-state index is -3.20. The van der Waals surface area contributed by atoms with Crippen LogP contribution in [-0.2, 0) is 22.1 Å². The molecule has 1 saturated heterocycles. The topological polar surface area (TPSA) is 66.5 Å². The quantitative estimate of drug-likeness (QED) is 0.889. The lowest BCUT2D eigenvalue weighted by Crippen LogP contribution is -2.45. The second-order valence-corrected chi connectivity index (χ2v) is 7.88. The first kappa shape index (κ1) is 17.7. The van der Waals surface area contributed by atoms with Crippen LogP contribution in [0.5, 0.6) is 0 Å². The highest BCUT2D eigenvalue weighted by Gasteiger charge is 2.35. The van der Waals surface area contributed by atoms with E-state index >= 15 is 0 Å². The Balaban J connectivity index is 2.02. The monoisotopic (exact) mass is 346 g/mol. The van der Waals surface area contributed by atoms with Crippen molar-refractivity contribution in [2.45, 2.75) is 37.6 Å². The maximum Gasteiger partial charge on any atom is 0.318 e. The first-order valence-electron chi connectivity index (χ1n) is 7.35. The number of amides is 2. The third kappa shape index (κ3) is 4.89. The summed E-state index contributed by atoms with van der Waals surface area (Å²) >= 11 is 0. The molecule has 0 unspecified atom stereocenters. The van der Waals surface area contributed by atoms with Gasteiger partial charge in [0.15, 0.2) is 9.84 Å². The number of carbonyl (C=O) groups is 1. The molecule has 0 bridgehead atoms. The number of nitrogens with zero attached hydrogens (tertiary/aromatic N) is 1. The second kappa shape index (κ2) is 7.25. The zero-order valence-corrected chi connectivity index (χ0v) is 13.7. The molecule has 1 aliphatic rings. The molecule has 2 rings (SSSR count). The van der Waals surface area contributed by atoms with E-state index in [9.17, 15) is 22.0 Å². The molecular weight excluding hydrogens is 326 g/mol. The van der Waals surface area contributed by atoms with Gasteiger partial charge in [0.1, 0.15) is 0 Å². The third-order valence-electron chi connectivity index (χ3n) is 3.82. The molecule has 1 aliphatic heterocycles. The summed E-state index contributed by atoms with van der Waals surface area (Å²) in [5, 5.41) is 2.61. The molecule has 0 saturated carbocycles. The molecule has 128 valence electrons. The van der Waals surface area contributed by atoms with Crippen LogP contribution in [0.2, 0.25) is 0 Å². The van der Waals surface area contributed by atoms with E-state index in [4.69, 9.17) is 0 Å². The summed E-state index contributed by atoms with van der Waals surface area (Å²) in [7, 11) is -3.20. The number of alkyl halides is 2. The van der Waals surface area contributed by atoms with Gasteiger partial charge in [-0.3, -0.25) is 0 Å². The molecule has 1 heterocycles. The van der Waals surface area contributed by atoms with E-state index in [-0.39, 0.29) is 12.3 Å². The number of rotatable bonds is 5. The van der Waals surface area contributed by atoms with Crippen molar-refractivity contribution in [3.8, 4) is 0 Å². The van der Waals surface area contributed by atoms with Crippen LogP contribution in [0.15, 0.2) is 24.3 Å². The number of nitrogens with one attached hydrogen (secondary N) is 1. The van der Waals surface area contributed by atoms with Gasteiger partial charge in [-0.15, -0.1) is 0 Å². The van der Waals surface area contributed by atoms with Crippen molar-refractivity contribution in [2.24, 2.45) is 0 Å². The van der Waals surface area contributed by atoms with Crippen molar-refractivity contribution in [3.63, 3.8) is 0 Å². The van der Waals surface area contributed by atoms with Crippen LogP contribution >= 0.6 is 0 Å². The molecule has 0 spiro atoms. The van der Waals surface area contributed by atoms with Crippen molar-refractivity contribution in [1.29, 1.82) is 0 Å². The van der Waals surface area contributed by atoms with Gasteiger partial charge in [-0.2, -0.15) is 0 Å². The Kier molecular flexibility index (Phi) is 5.56. The summed E-state index contributed by atoms with van der Waals surface area (Å²) in [4.78, 5) is 13.2. The Morgan fingerprint density at radius 2 is 2.00 bits per heavy atom. The van der Waals surface area contributed by atoms with Crippen LogP contribution in [0.1, 0.15) is 24.0 Å². The van der Waals surface area contributed by atoms with Gasteiger partial charge >= 0.3 is 6.03 Å². The Bertz CT molecular complexity index is 664. The van der Waals surface area contributed by atoms with E-state index in [1.165, 1.54) is 0 Å². The predicted molar refractivity (Wildman–Crippen MR) is 83.0 cm³/mol. The molecule has 8 heteroatoms. The van der Waals surface area contributed by atoms with Crippen LogP contribution in [0, 0.1) is 0 Å². The molecule has 1 aromatic rings. The largest absolute Gasteiger partial charge is 0.334 e. The number of urea groups is 1. The summed E-state index contributed by atoms with van der Waals surface area (Å²) in [5.41, 5.74) is 1.27. The lowest BCUT2D eigenvalue weighted by atomic mass is 10.1. The van der Waals surface area contributed by atoms with Crippen molar-refractivity contribution in [3.05, 3.63) is 35.4 Å². The van der Waals surface area contributed by atoms with Crippen LogP contribution in [0.25, 0.3) is 0 Å². The summed E-state index contributed by atoms with van der Waals surface area (Å²) in [5.74, 6) is -0.123. The number of likely N-dealkylation sites (tertiary alicyclic amines) is 1. The first-order valence-corrected chi connectivity index (χ1v) is 9.41. The van der Waals surface area contributed by atoms with Gasteiger partial charge < -0.3 is 10.2 Å². The molecule has 1 atom stereocenters. The van der Waals surface area contributed by atoms with Crippen LogP contribution in [-0.4, -0.2) is 44.6 Å². The minimum absolute atomic E-state index is 0.108. The average Bonchev–Trinajstić information content (AvgIpc) is 2.94. The molecule has 1 N–H and O–H groups in total.